The van der Waals surface area contributed by atoms with Gasteiger partial charge in [0.1, 0.15) is 0 Å². The predicted octanol–water partition coefficient (Wildman–Crippen LogP) is 3.65. The Bertz CT molecular complexity index is 738. The largest absolute Gasteiger partial charge is 0.307 e. The molecule has 3 aromatic rings. The molecule has 0 atom stereocenters. The summed E-state index contributed by atoms with van der Waals surface area (Å²) in [4.78, 5) is 0. The maximum atomic E-state index is 4.48. The topological polar surface area (TPSA) is 29.9 Å². The normalized spacial score (nSPS) is 11.1. The lowest BCUT2D eigenvalue weighted by atomic mass is 10.0. The molecule has 0 spiro atoms. The average Bonchev–Trinajstić information content (AvgIpc) is 2.87. The molecular weight excluding hydrogens is 258 g/mol. The fraction of sp³-hybridized carbons (Fsp3) is 0.278. The molecule has 1 heterocycles. The summed E-state index contributed by atoms with van der Waals surface area (Å²) in [6, 6.07) is 17.2. The zero-order chi connectivity index (χ0) is 14.7. The van der Waals surface area contributed by atoms with Crippen LogP contribution in [0.15, 0.2) is 48.5 Å². The molecule has 3 heteroatoms. The SMILES string of the molecule is CCn1nc(C)cc1CNCc1cccc2ccccc12. The molecule has 0 saturated carbocycles. The smallest absolute Gasteiger partial charge is 0.0597 e. The molecule has 0 fully saturated rings. The second kappa shape index (κ2) is 6.10. The third-order valence-corrected chi connectivity index (χ3v) is 3.79. The van der Waals surface area contributed by atoms with E-state index >= 15 is 0 Å². The van der Waals surface area contributed by atoms with E-state index in [1.54, 1.807) is 0 Å². The van der Waals surface area contributed by atoms with Gasteiger partial charge in [-0.15, -0.1) is 0 Å². The Morgan fingerprint density at radius 3 is 2.71 bits per heavy atom. The number of aromatic nitrogens is 2. The van der Waals surface area contributed by atoms with E-state index in [1.807, 2.05) is 6.92 Å². The van der Waals surface area contributed by atoms with E-state index in [9.17, 15) is 0 Å². The van der Waals surface area contributed by atoms with Crippen molar-refractivity contribution in [3.8, 4) is 0 Å². The predicted molar refractivity (Wildman–Crippen MR) is 87.1 cm³/mol. The van der Waals surface area contributed by atoms with Crippen LogP contribution >= 0.6 is 0 Å². The first-order valence-corrected chi connectivity index (χ1v) is 7.48. The number of rotatable bonds is 5. The van der Waals surface area contributed by atoms with Gasteiger partial charge in [-0.3, -0.25) is 4.68 Å². The van der Waals surface area contributed by atoms with Crippen molar-refractivity contribution in [2.24, 2.45) is 0 Å². The highest BCUT2D eigenvalue weighted by atomic mass is 15.3. The molecule has 108 valence electrons. The van der Waals surface area contributed by atoms with Crippen molar-refractivity contribution in [3.63, 3.8) is 0 Å². The van der Waals surface area contributed by atoms with Crippen LogP contribution in [-0.2, 0) is 19.6 Å². The number of fused-ring (bicyclic) bond motifs is 1. The summed E-state index contributed by atoms with van der Waals surface area (Å²) in [6.07, 6.45) is 0. The molecule has 1 N–H and O–H groups in total. The molecule has 0 amide bonds. The van der Waals surface area contributed by atoms with Crippen molar-refractivity contribution in [1.29, 1.82) is 0 Å². The van der Waals surface area contributed by atoms with E-state index in [0.717, 1.165) is 25.3 Å². The molecule has 21 heavy (non-hydrogen) atoms. The minimum absolute atomic E-state index is 0.845. The Morgan fingerprint density at radius 2 is 1.86 bits per heavy atom. The van der Waals surface area contributed by atoms with Crippen molar-refractivity contribution in [1.82, 2.24) is 15.1 Å². The van der Waals surface area contributed by atoms with Crippen molar-refractivity contribution >= 4 is 10.8 Å². The van der Waals surface area contributed by atoms with Crippen molar-refractivity contribution in [2.45, 2.75) is 33.5 Å². The van der Waals surface area contributed by atoms with Gasteiger partial charge >= 0.3 is 0 Å². The summed E-state index contributed by atoms with van der Waals surface area (Å²) < 4.78 is 2.06. The van der Waals surface area contributed by atoms with E-state index in [4.69, 9.17) is 0 Å². The van der Waals surface area contributed by atoms with Gasteiger partial charge in [0, 0.05) is 19.6 Å². The van der Waals surface area contributed by atoms with Crippen molar-refractivity contribution < 1.29 is 0 Å². The van der Waals surface area contributed by atoms with Crippen LogP contribution in [0.25, 0.3) is 10.8 Å². The summed E-state index contributed by atoms with van der Waals surface area (Å²) >= 11 is 0. The number of hydrogen-bond acceptors (Lipinski definition) is 2. The Morgan fingerprint density at radius 1 is 1.05 bits per heavy atom. The minimum atomic E-state index is 0.845. The van der Waals surface area contributed by atoms with Gasteiger partial charge in [-0.25, -0.2) is 0 Å². The highest BCUT2D eigenvalue weighted by Gasteiger charge is 2.04. The Kier molecular flexibility index (Phi) is 4.02. The fourth-order valence-electron chi connectivity index (χ4n) is 2.79. The Balaban J connectivity index is 1.72. The maximum absolute atomic E-state index is 4.48. The van der Waals surface area contributed by atoms with Crippen LogP contribution in [0.5, 0.6) is 0 Å². The van der Waals surface area contributed by atoms with E-state index in [1.165, 1.54) is 22.0 Å². The van der Waals surface area contributed by atoms with Gasteiger partial charge < -0.3 is 5.32 Å². The lowest BCUT2D eigenvalue weighted by Gasteiger charge is -2.09. The zero-order valence-corrected chi connectivity index (χ0v) is 12.6. The van der Waals surface area contributed by atoms with Gasteiger partial charge in [-0.2, -0.15) is 5.10 Å². The third-order valence-electron chi connectivity index (χ3n) is 3.79. The summed E-state index contributed by atoms with van der Waals surface area (Å²) in [5, 5.41) is 10.6. The molecule has 1 aromatic heterocycles. The van der Waals surface area contributed by atoms with E-state index < -0.39 is 0 Å². The molecule has 0 aliphatic heterocycles. The van der Waals surface area contributed by atoms with Crippen LogP contribution in [0.2, 0.25) is 0 Å². The quantitative estimate of drug-likeness (QED) is 0.772. The summed E-state index contributed by atoms with van der Waals surface area (Å²) in [7, 11) is 0. The first-order chi connectivity index (χ1) is 10.3. The molecule has 0 aliphatic rings. The highest BCUT2D eigenvalue weighted by molar-refractivity contribution is 5.85. The molecule has 0 aliphatic carbocycles. The van der Waals surface area contributed by atoms with Crippen molar-refractivity contribution in [2.75, 3.05) is 0 Å². The number of nitrogens with one attached hydrogen (secondary N) is 1. The number of benzene rings is 2. The first kappa shape index (κ1) is 13.8. The highest BCUT2D eigenvalue weighted by Crippen LogP contribution is 2.18. The lowest BCUT2D eigenvalue weighted by Crippen LogP contribution is -2.16. The Labute approximate surface area is 125 Å². The molecule has 3 rings (SSSR count). The van der Waals surface area contributed by atoms with Crippen LogP contribution in [0.1, 0.15) is 23.9 Å². The van der Waals surface area contributed by atoms with Gasteiger partial charge in [0.15, 0.2) is 0 Å². The van der Waals surface area contributed by atoms with E-state index in [0.29, 0.717) is 0 Å². The minimum Gasteiger partial charge on any atom is -0.307 e. The Hall–Kier alpha value is -2.13. The van der Waals surface area contributed by atoms with Gasteiger partial charge in [-0.1, -0.05) is 42.5 Å². The molecule has 0 saturated heterocycles. The zero-order valence-electron chi connectivity index (χ0n) is 12.6. The van der Waals surface area contributed by atoms with Crippen LogP contribution in [0, 0.1) is 6.92 Å². The van der Waals surface area contributed by atoms with Gasteiger partial charge in [0.05, 0.1) is 11.4 Å². The molecule has 3 nitrogen and oxygen atoms in total. The fourth-order valence-corrected chi connectivity index (χ4v) is 2.79. The number of aryl methyl sites for hydroxylation is 2. The van der Waals surface area contributed by atoms with Crippen LogP contribution in [0.4, 0.5) is 0 Å². The van der Waals surface area contributed by atoms with Crippen molar-refractivity contribution in [3.05, 3.63) is 65.5 Å². The molecule has 0 bridgehead atoms. The second-order valence-corrected chi connectivity index (χ2v) is 5.33. The molecule has 2 aromatic carbocycles. The number of hydrogen-bond donors (Lipinski definition) is 1. The average molecular weight is 279 g/mol. The first-order valence-electron chi connectivity index (χ1n) is 7.48. The van der Waals surface area contributed by atoms with Crippen LogP contribution in [0.3, 0.4) is 0 Å². The van der Waals surface area contributed by atoms with Crippen LogP contribution in [-0.4, -0.2) is 9.78 Å². The number of nitrogens with zero attached hydrogens (tertiary/aromatic N) is 2. The molecule has 0 radical (unpaired) electrons. The summed E-state index contributed by atoms with van der Waals surface area (Å²) in [5.41, 5.74) is 3.67. The second-order valence-electron chi connectivity index (χ2n) is 5.33. The molecule has 0 unspecified atom stereocenters. The van der Waals surface area contributed by atoms with Gasteiger partial charge in [-0.05, 0) is 36.2 Å². The maximum Gasteiger partial charge on any atom is 0.0597 e. The third kappa shape index (κ3) is 2.98. The lowest BCUT2D eigenvalue weighted by molar-refractivity contribution is 0.580. The monoisotopic (exact) mass is 279 g/mol. The summed E-state index contributed by atoms with van der Waals surface area (Å²) in [6.45, 7) is 6.80. The standard InChI is InChI=1S/C18H21N3/c1-3-21-17(11-14(2)20-21)13-19-12-16-9-6-8-15-7-4-5-10-18(15)16/h4-11,19H,3,12-13H2,1-2H3. The van der Waals surface area contributed by atoms with E-state index in [-0.39, 0.29) is 0 Å². The van der Waals surface area contributed by atoms with Gasteiger partial charge in [0.2, 0.25) is 0 Å². The summed E-state index contributed by atoms with van der Waals surface area (Å²) in [5.74, 6) is 0. The molecular formula is C18H21N3. The van der Waals surface area contributed by atoms with Crippen LogP contribution < -0.4 is 5.32 Å². The van der Waals surface area contributed by atoms with E-state index in [2.05, 4.69) is 70.6 Å². The van der Waals surface area contributed by atoms with Gasteiger partial charge in [0.25, 0.3) is 0 Å².